The maximum atomic E-state index is 12.7. The maximum absolute atomic E-state index is 12.7. The molecule has 2 aromatic rings. The van der Waals surface area contributed by atoms with E-state index in [1.54, 1.807) is 18.5 Å². The molecule has 0 unspecified atom stereocenters. The van der Waals surface area contributed by atoms with Crippen LogP contribution in [0.25, 0.3) is 0 Å². The summed E-state index contributed by atoms with van der Waals surface area (Å²) in [4.78, 5) is 27.2. The van der Waals surface area contributed by atoms with Crippen molar-refractivity contribution in [3.63, 3.8) is 0 Å². The molecule has 2 amide bonds. The third-order valence-corrected chi connectivity index (χ3v) is 2.79. The van der Waals surface area contributed by atoms with Gasteiger partial charge in [0.15, 0.2) is 0 Å². The molecular formula is C15H14FN3O2. The maximum Gasteiger partial charge on any atom is 0.269 e. The molecule has 5 nitrogen and oxygen atoms in total. The number of aromatic nitrogens is 1. The van der Waals surface area contributed by atoms with Crippen molar-refractivity contribution in [1.29, 1.82) is 0 Å². The van der Waals surface area contributed by atoms with Gasteiger partial charge in [-0.3, -0.25) is 25.4 Å². The fourth-order valence-corrected chi connectivity index (χ4v) is 1.67. The molecule has 0 saturated carbocycles. The smallest absolute Gasteiger partial charge is 0.269 e. The summed E-state index contributed by atoms with van der Waals surface area (Å²) in [7, 11) is 0. The number of nitrogens with one attached hydrogen (secondary N) is 2. The van der Waals surface area contributed by atoms with Gasteiger partial charge in [0.05, 0.1) is 0 Å². The Kier molecular flexibility index (Phi) is 4.98. The first-order valence-electron chi connectivity index (χ1n) is 6.39. The summed E-state index contributed by atoms with van der Waals surface area (Å²) in [5.74, 6) is -1.23. The van der Waals surface area contributed by atoms with Crippen molar-refractivity contribution in [1.82, 2.24) is 15.8 Å². The molecule has 2 rings (SSSR count). The van der Waals surface area contributed by atoms with E-state index in [-0.39, 0.29) is 17.9 Å². The predicted octanol–water partition coefficient (Wildman–Crippen LogP) is 1.61. The second-order valence-corrected chi connectivity index (χ2v) is 4.37. The van der Waals surface area contributed by atoms with Crippen LogP contribution < -0.4 is 10.9 Å². The molecule has 1 aromatic heterocycles. The number of carbonyl (C=O) groups is 2. The molecule has 1 heterocycles. The van der Waals surface area contributed by atoms with Gasteiger partial charge in [0.25, 0.3) is 5.91 Å². The fourth-order valence-electron chi connectivity index (χ4n) is 1.67. The lowest BCUT2D eigenvalue weighted by molar-refractivity contribution is -0.121. The van der Waals surface area contributed by atoms with Crippen LogP contribution in [-0.4, -0.2) is 16.8 Å². The molecule has 0 bridgehead atoms. The van der Waals surface area contributed by atoms with Crippen molar-refractivity contribution >= 4 is 11.8 Å². The molecule has 6 heteroatoms. The molecule has 0 aliphatic heterocycles. The van der Waals surface area contributed by atoms with Crippen LogP contribution in [-0.2, 0) is 11.2 Å². The van der Waals surface area contributed by atoms with Crippen molar-refractivity contribution in [2.45, 2.75) is 12.8 Å². The Bertz CT molecular complexity index is 615. The minimum atomic E-state index is -0.496. The summed E-state index contributed by atoms with van der Waals surface area (Å²) >= 11 is 0. The van der Waals surface area contributed by atoms with Crippen LogP contribution in [0.5, 0.6) is 0 Å². The zero-order chi connectivity index (χ0) is 15.1. The first-order valence-corrected chi connectivity index (χ1v) is 6.39. The topological polar surface area (TPSA) is 71.1 Å². The zero-order valence-corrected chi connectivity index (χ0v) is 11.2. The van der Waals surface area contributed by atoms with Crippen LogP contribution in [0.15, 0.2) is 48.8 Å². The van der Waals surface area contributed by atoms with Gasteiger partial charge in [0.1, 0.15) is 5.82 Å². The van der Waals surface area contributed by atoms with Crippen molar-refractivity contribution in [2.75, 3.05) is 0 Å². The largest absolute Gasteiger partial charge is 0.273 e. The Balaban J connectivity index is 1.76. The number of rotatable bonds is 4. The van der Waals surface area contributed by atoms with E-state index < -0.39 is 11.7 Å². The number of hydrazine groups is 1. The average molecular weight is 287 g/mol. The van der Waals surface area contributed by atoms with E-state index in [0.717, 1.165) is 5.56 Å². The van der Waals surface area contributed by atoms with Gasteiger partial charge in [-0.25, -0.2) is 4.39 Å². The van der Waals surface area contributed by atoms with Gasteiger partial charge in [-0.2, -0.15) is 0 Å². The Labute approximate surface area is 121 Å². The summed E-state index contributed by atoms with van der Waals surface area (Å²) < 4.78 is 12.7. The van der Waals surface area contributed by atoms with Crippen molar-refractivity contribution in [2.24, 2.45) is 0 Å². The van der Waals surface area contributed by atoms with Crippen LogP contribution in [0.4, 0.5) is 4.39 Å². The van der Waals surface area contributed by atoms with Crippen LogP contribution in [0.3, 0.4) is 0 Å². The van der Waals surface area contributed by atoms with Crippen LogP contribution in [0.1, 0.15) is 22.3 Å². The van der Waals surface area contributed by atoms with Crippen molar-refractivity contribution < 1.29 is 14.0 Å². The Hall–Kier alpha value is -2.76. The molecule has 0 fully saturated rings. The van der Waals surface area contributed by atoms with E-state index in [2.05, 4.69) is 15.8 Å². The van der Waals surface area contributed by atoms with Crippen molar-refractivity contribution in [3.05, 3.63) is 65.7 Å². The van der Waals surface area contributed by atoms with E-state index in [9.17, 15) is 14.0 Å². The average Bonchev–Trinajstić information content (AvgIpc) is 2.52. The molecule has 0 aliphatic rings. The van der Waals surface area contributed by atoms with E-state index in [1.807, 2.05) is 6.07 Å². The van der Waals surface area contributed by atoms with Gasteiger partial charge in [0.2, 0.25) is 5.91 Å². The summed E-state index contributed by atoms with van der Waals surface area (Å²) in [5, 5.41) is 0. The third-order valence-electron chi connectivity index (χ3n) is 2.79. The second kappa shape index (κ2) is 7.14. The lowest BCUT2D eigenvalue weighted by Crippen LogP contribution is -2.41. The minimum Gasteiger partial charge on any atom is -0.273 e. The number of halogens is 1. The first kappa shape index (κ1) is 14.6. The predicted molar refractivity (Wildman–Crippen MR) is 74.6 cm³/mol. The normalized spacial score (nSPS) is 9.95. The molecular weight excluding hydrogens is 273 g/mol. The number of nitrogens with zero attached hydrogens (tertiary/aromatic N) is 1. The SMILES string of the molecule is O=C(CCc1cccnc1)NNC(=O)c1ccc(F)cc1. The fraction of sp³-hybridized carbons (Fsp3) is 0.133. The minimum absolute atomic E-state index is 0.232. The molecule has 1 aromatic carbocycles. The molecule has 0 aliphatic carbocycles. The summed E-state index contributed by atoms with van der Waals surface area (Å²) in [5.41, 5.74) is 5.80. The number of carbonyl (C=O) groups excluding carboxylic acids is 2. The highest BCUT2D eigenvalue weighted by Gasteiger charge is 2.07. The number of hydrogen-bond acceptors (Lipinski definition) is 3. The van der Waals surface area contributed by atoms with Gasteiger partial charge in [-0.1, -0.05) is 6.07 Å². The quantitative estimate of drug-likeness (QED) is 0.839. The van der Waals surface area contributed by atoms with Gasteiger partial charge in [0, 0.05) is 24.4 Å². The van der Waals surface area contributed by atoms with Crippen LogP contribution >= 0.6 is 0 Å². The van der Waals surface area contributed by atoms with Crippen LogP contribution in [0, 0.1) is 5.82 Å². The number of amides is 2. The number of aryl methyl sites for hydroxylation is 1. The van der Waals surface area contributed by atoms with E-state index in [1.165, 1.54) is 24.3 Å². The highest BCUT2D eigenvalue weighted by molar-refractivity contribution is 5.95. The Morgan fingerprint density at radius 3 is 2.52 bits per heavy atom. The monoisotopic (exact) mass is 287 g/mol. The number of benzene rings is 1. The molecule has 0 radical (unpaired) electrons. The standard InChI is InChI=1S/C15H14FN3O2/c16-13-6-4-12(5-7-13)15(21)19-18-14(20)8-3-11-2-1-9-17-10-11/h1-2,4-7,9-10H,3,8H2,(H,18,20)(H,19,21). The molecule has 2 N–H and O–H groups in total. The van der Waals surface area contributed by atoms with Crippen LogP contribution in [0.2, 0.25) is 0 Å². The summed E-state index contributed by atoms with van der Waals surface area (Å²) in [6, 6.07) is 8.71. The third kappa shape index (κ3) is 4.68. The van der Waals surface area contributed by atoms with E-state index >= 15 is 0 Å². The first-order chi connectivity index (χ1) is 10.1. The molecule has 0 atom stereocenters. The zero-order valence-electron chi connectivity index (χ0n) is 11.2. The Morgan fingerprint density at radius 1 is 1.10 bits per heavy atom. The van der Waals surface area contributed by atoms with Gasteiger partial charge in [-0.05, 0) is 42.3 Å². The van der Waals surface area contributed by atoms with E-state index in [4.69, 9.17) is 0 Å². The molecule has 0 spiro atoms. The van der Waals surface area contributed by atoms with Gasteiger partial charge < -0.3 is 0 Å². The molecule has 21 heavy (non-hydrogen) atoms. The highest BCUT2D eigenvalue weighted by Crippen LogP contribution is 2.02. The number of hydrogen-bond donors (Lipinski definition) is 2. The summed E-state index contributed by atoms with van der Waals surface area (Å²) in [6.45, 7) is 0. The van der Waals surface area contributed by atoms with E-state index in [0.29, 0.717) is 6.42 Å². The summed E-state index contributed by atoms with van der Waals surface area (Å²) in [6.07, 6.45) is 4.11. The Morgan fingerprint density at radius 2 is 1.86 bits per heavy atom. The second-order valence-electron chi connectivity index (χ2n) is 4.37. The van der Waals surface area contributed by atoms with Crippen molar-refractivity contribution in [3.8, 4) is 0 Å². The lowest BCUT2D eigenvalue weighted by Gasteiger charge is -2.07. The lowest BCUT2D eigenvalue weighted by atomic mass is 10.1. The van der Waals surface area contributed by atoms with Gasteiger partial charge in [-0.15, -0.1) is 0 Å². The molecule has 108 valence electrons. The van der Waals surface area contributed by atoms with Gasteiger partial charge >= 0.3 is 0 Å². The molecule has 0 saturated heterocycles. The number of pyridine rings is 1. The highest BCUT2D eigenvalue weighted by atomic mass is 19.1.